The van der Waals surface area contributed by atoms with Crippen LogP contribution in [0.5, 0.6) is 0 Å². The van der Waals surface area contributed by atoms with E-state index in [0.29, 0.717) is 24.3 Å². The molecule has 3 saturated heterocycles. The van der Waals surface area contributed by atoms with Crippen molar-refractivity contribution in [1.29, 1.82) is 0 Å². The summed E-state index contributed by atoms with van der Waals surface area (Å²) in [5.74, 6) is 1.29. The number of aliphatic hydroxyl groups is 1. The Kier molecular flexibility index (Phi) is 5.11. The van der Waals surface area contributed by atoms with Crippen molar-refractivity contribution in [3.8, 4) is 0 Å². The Morgan fingerprint density at radius 3 is 2.96 bits per heavy atom. The van der Waals surface area contributed by atoms with Gasteiger partial charge in [-0.15, -0.1) is 11.3 Å². The fourth-order valence-corrected chi connectivity index (χ4v) is 5.93. The number of aryl methyl sites for hydroxylation is 2. The van der Waals surface area contributed by atoms with E-state index in [1.54, 1.807) is 11.3 Å². The van der Waals surface area contributed by atoms with Gasteiger partial charge in [-0.1, -0.05) is 6.42 Å². The topological polar surface area (TPSA) is 56.7 Å². The van der Waals surface area contributed by atoms with Crippen LogP contribution >= 0.6 is 11.3 Å². The summed E-state index contributed by atoms with van der Waals surface area (Å²) in [7, 11) is 0. The van der Waals surface area contributed by atoms with E-state index >= 15 is 0 Å². The third-order valence-corrected chi connectivity index (χ3v) is 7.25. The van der Waals surface area contributed by atoms with Gasteiger partial charge in [0.25, 0.3) is 0 Å². The monoisotopic (exact) mass is 363 g/mol. The lowest BCUT2D eigenvalue weighted by Gasteiger charge is -2.56. The second kappa shape index (κ2) is 7.33. The van der Waals surface area contributed by atoms with Crippen molar-refractivity contribution in [3.63, 3.8) is 0 Å². The highest BCUT2D eigenvalue weighted by Crippen LogP contribution is 2.41. The summed E-state index contributed by atoms with van der Waals surface area (Å²) < 4.78 is 0. The number of hydrogen-bond donors (Lipinski definition) is 1. The summed E-state index contributed by atoms with van der Waals surface area (Å²) in [6.45, 7) is 5.09. The summed E-state index contributed by atoms with van der Waals surface area (Å²) in [6.07, 6.45) is 6.25. The highest BCUT2D eigenvalue weighted by molar-refractivity contribution is 7.09. The second-order valence-electron chi connectivity index (χ2n) is 7.96. The Morgan fingerprint density at radius 1 is 1.36 bits per heavy atom. The third kappa shape index (κ3) is 3.49. The van der Waals surface area contributed by atoms with Gasteiger partial charge in [-0.05, 0) is 51.0 Å². The highest BCUT2D eigenvalue weighted by Gasteiger charge is 2.47. The number of aromatic nitrogens is 1. The van der Waals surface area contributed by atoms with Crippen molar-refractivity contribution in [3.05, 3.63) is 16.1 Å². The second-order valence-corrected chi connectivity index (χ2v) is 9.03. The van der Waals surface area contributed by atoms with Gasteiger partial charge in [0.15, 0.2) is 0 Å². The van der Waals surface area contributed by atoms with Gasteiger partial charge in [-0.3, -0.25) is 9.69 Å². The first-order valence-corrected chi connectivity index (χ1v) is 10.6. The quantitative estimate of drug-likeness (QED) is 0.890. The van der Waals surface area contributed by atoms with Gasteiger partial charge >= 0.3 is 0 Å². The number of amides is 1. The average Bonchev–Trinajstić information content (AvgIpc) is 3.05. The smallest absolute Gasteiger partial charge is 0.222 e. The van der Waals surface area contributed by atoms with Gasteiger partial charge < -0.3 is 10.0 Å². The molecule has 1 amide bonds. The van der Waals surface area contributed by atoms with Crippen molar-refractivity contribution >= 4 is 17.2 Å². The molecular formula is C19H29N3O2S. The van der Waals surface area contributed by atoms with E-state index in [1.807, 2.05) is 6.92 Å². The van der Waals surface area contributed by atoms with Crippen molar-refractivity contribution < 1.29 is 9.90 Å². The number of carbonyl (C=O) groups excluding carboxylic acids is 1. The molecule has 6 heteroatoms. The number of nitrogens with zero attached hydrogens (tertiary/aromatic N) is 3. The Balaban J connectivity index is 1.41. The van der Waals surface area contributed by atoms with Crippen LogP contribution in [0.15, 0.2) is 5.38 Å². The summed E-state index contributed by atoms with van der Waals surface area (Å²) in [6, 6.07) is 0.817. The maximum atomic E-state index is 12.8. The van der Waals surface area contributed by atoms with Crippen LogP contribution in [0.3, 0.4) is 0 Å². The first-order chi connectivity index (χ1) is 12.2. The minimum absolute atomic E-state index is 0.230. The van der Waals surface area contributed by atoms with Gasteiger partial charge in [0.2, 0.25) is 5.91 Å². The largest absolute Gasteiger partial charge is 0.395 e. The number of fused-ring (bicyclic) bond motifs is 4. The molecule has 4 rings (SSSR count). The van der Waals surface area contributed by atoms with E-state index in [0.717, 1.165) is 36.8 Å². The predicted octanol–water partition coefficient (Wildman–Crippen LogP) is 2.08. The zero-order valence-electron chi connectivity index (χ0n) is 15.1. The average molecular weight is 364 g/mol. The van der Waals surface area contributed by atoms with Crippen molar-refractivity contribution in [2.75, 3.05) is 26.2 Å². The molecule has 0 aromatic carbocycles. The summed E-state index contributed by atoms with van der Waals surface area (Å²) in [4.78, 5) is 21.9. The SMILES string of the molecule is Cc1nc(CCC(=O)N2C[C@H]3C[C@@H](C2)[C@H](CO)N2CCCC[C@@H]32)cs1. The van der Waals surface area contributed by atoms with E-state index in [1.165, 1.54) is 25.7 Å². The third-order valence-electron chi connectivity index (χ3n) is 6.42. The van der Waals surface area contributed by atoms with Crippen LogP contribution in [0, 0.1) is 18.8 Å². The molecule has 1 aromatic rings. The Hall–Kier alpha value is -0.980. The van der Waals surface area contributed by atoms with Gasteiger partial charge in [0.05, 0.1) is 17.3 Å². The van der Waals surface area contributed by atoms with Crippen molar-refractivity contribution in [2.24, 2.45) is 11.8 Å². The number of hydrogen-bond acceptors (Lipinski definition) is 5. The van der Waals surface area contributed by atoms with E-state index in [2.05, 4.69) is 20.2 Å². The van der Waals surface area contributed by atoms with Crippen LogP contribution in [-0.2, 0) is 11.2 Å². The molecule has 2 bridgehead atoms. The lowest BCUT2D eigenvalue weighted by atomic mass is 9.72. The maximum absolute atomic E-state index is 12.8. The van der Waals surface area contributed by atoms with E-state index < -0.39 is 0 Å². The zero-order valence-corrected chi connectivity index (χ0v) is 15.9. The maximum Gasteiger partial charge on any atom is 0.222 e. The molecule has 4 atom stereocenters. The van der Waals surface area contributed by atoms with E-state index in [4.69, 9.17) is 0 Å². The highest BCUT2D eigenvalue weighted by atomic mass is 32.1. The number of piperidine rings is 3. The minimum atomic E-state index is 0.230. The number of carbonyl (C=O) groups is 1. The van der Waals surface area contributed by atoms with E-state index in [-0.39, 0.29) is 18.6 Å². The van der Waals surface area contributed by atoms with Crippen molar-refractivity contribution in [1.82, 2.24) is 14.8 Å². The number of likely N-dealkylation sites (tertiary alicyclic amines) is 1. The van der Waals surface area contributed by atoms with Crippen molar-refractivity contribution in [2.45, 2.75) is 57.5 Å². The van der Waals surface area contributed by atoms with Crippen LogP contribution < -0.4 is 0 Å². The molecule has 0 unspecified atom stereocenters. The first-order valence-electron chi connectivity index (χ1n) is 9.71. The number of thiazole rings is 1. The lowest BCUT2D eigenvalue weighted by Crippen LogP contribution is -2.65. The molecular weight excluding hydrogens is 334 g/mol. The molecule has 0 spiro atoms. The zero-order chi connectivity index (χ0) is 17.4. The standard InChI is InChI=1S/C19H29N3O2S/c1-13-20-16(12-25-13)5-6-19(24)21-9-14-8-15(10-21)18(11-23)22-7-3-2-4-17(14)22/h12,14-15,17-18,23H,2-11H2,1H3/t14-,15+,17+,18+/m1/s1. The summed E-state index contributed by atoms with van der Waals surface area (Å²) in [5.41, 5.74) is 1.04. The van der Waals surface area contributed by atoms with Gasteiger partial charge in [-0.2, -0.15) is 0 Å². The van der Waals surface area contributed by atoms with E-state index in [9.17, 15) is 9.90 Å². The van der Waals surface area contributed by atoms with Crippen LogP contribution in [0.1, 0.15) is 42.8 Å². The van der Waals surface area contributed by atoms with Gasteiger partial charge in [-0.25, -0.2) is 4.98 Å². The Labute approximate surface area is 154 Å². The molecule has 0 radical (unpaired) electrons. The van der Waals surface area contributed by atoms with Gasteiger partial charge in [0.1, 0.15) is 0 Å². The lowest BCUT2D eigenvalue weighted by molar-refractivity contribution is -0.142. The van der Waals surface area contributed by atoms with Crippen LogP contribution in [0.2, 0.25) is 0 Å². The molecule has 3 fully saturated rings. The number of aliphatic hydroxyl groups excluding tert-OH is 1. The summed E-state index contributed by atoms with van der Waals surface area (Å²) >= 11 is 1.65. The normalized spacial score (nSPS) is 32.5. The van der Waals surface area contributed by atoms with Crippen LogP contribution in [0.25, 0.3) is 0 Å². The Bertz CT molecular complexity index is 606. The molecule has 138 valence electrons. The Morgan fingerprint density at radius 2 is 2.20 bits per heavy atom. The van der Waals surface area contributed by atoms with Crippen LogP contribution in [-0.4, -0.2) is 64.1 Å². The molecule has 1 aromatic heterocycles. The molecule has 5 nitrogen and oxygen atoms in total. The molecule has 0 aliphatic carbocycles. The fraction of sp³-hybridized carbons (Fsp3) is 0.789. The van der Waals surface area contributed by atoms with Crippen LogP contribution in [0.4, 0.5) is 0 Å². The molecule has 3 aliphatic rings. The molecule has 25 heavy (non-hydrogen) atoms. The molecule has 4 heterocycles. The molecule has 1 N–H and O–H groups in total. The number of rotatable bonds is 4. The molecule has 0 saturated carbocycles. The fourth-order valence-electron chi connectivity index (χ4n) is 5.28. The van der Waals surface area contributed by atoms with Gasteiger partial charge in [0, 0.05) is 37.0 Å². The first kappa shape index (κ1) is 17.4. The molecule has 3 aliphatic heterocycles. The summed E-state index contributed by atoms with van der Waals surface area (Å²) in [5, 5.41) is 13.1. The predicted molar refractivity (Wildman–Crippen MR) is 98.6 cm³/mol. The minimum Gasteiger partial charge on any atom is -0.395 e.